The van der Waals surface area contributed by atoms with Crippen LogP contribution in [0.15, 0.2) is 29.8 Å². The largest absolute Gasteiger partial charge is 0.361 e. The molecular weight excluding hydrogens is 166 g/mol. The number of carbonyl (C=O) groups excluding carboxylic acids is 1. The van der Waals surface area contributed by atoms with Gasteiger partial charge in [0, 0.05) is 13.0 Å². The molecule has 0 saturated carbocycles. The van der Waals surface area contributed by atoms with E-state index in [1.54, 1.807) is 0 Å². The molecular formula is C9H12N3O+. The summed E-state index contributed by atoms with van der Waals surface area (Å²) in [4.78, 5) is 17.7. The number of fused-ring (bicyclic) bond motifs is 1. The number of hydrogen-bond acceptors (Lipinski definition) is 3. The van der Waals surface area contributed by atoms with Crippen LogP contribution < -0.4 is 4.90 Å². The zero-order valence-corrected chi connectivity index (χ0v) is 7.31. The lowest BCUT2D eigenvalue weighted by Gasteiger charge is -2.23. The molecule has 0 amide bonds. The number of amidine groups is 1. The molecule has 68 valence electrons. The third-order valence-electron chi connectivity index (χ3n) is 2.17. The van der Waals surface area contributed by atoms with Crippen LogP contribution in [0.25, 0.3) is 0 Å². The molecule has 2 aliphatic heterocycles. The van der Waals surface area contributed by atoms with Crippen molar-refractivity contribution in [2.45, 2.75) is 6.42 Å². The van der Waals surface area contributed by atoms with Gasteiger partial charge in [-0.2, -0.15) is 0 Å². The second-order valence-corrected chi connectivity index (χ2v) is 3.09. The van der Waals surface area contributed by atoms with Crippen molar-refractivity contribution in [1.82, 2.24) is 4.90 Å². The lowest BCUT2D eigenvalue weighted by molar-refractivity contribution is -0.684. The second-order valence-electron chi connectivity index (χ2n) is 3.09. The Morgan fingerprint density at radius 3 is 3.38 bits per heavy atom. The first-order chi connectivity index (χ1) is 6.40. The van der Waals surface area contributed by atoms with Gasteiger partial charge in [0.25, 0.3) is 0 Å². The molecule has 2 heterocycles. The molecule has 13 heavy (non-hydrogen) atoms. The zero-order valence-electron chi connectivity index (χ0n) is 7.31. The fraction of sp³-hybridized carbons (Fsp3) is 0.333. The normalized spacial score (nSPS) is 24.5. The minimum absolute atomic E-state index is 0.584. The standard InChI is InChI=1S/C9H11N3O/c13-7-1-3-11-5-6-12-4-2-10-9(12)8-11/h2,4-7H,1,3,8H2/p+1. The van der Waals surface area contributed by atoms with Gasteiger partial charge in [0.1, 0.15) is 25.2 Å². The number of nitrogens with one attached hydrogen (secondary N) is 1. The van der Waals surface area contributed by atoms with E-state index in [0.29, 0.717) is 6.42 Å². The van der Waals surface area contributed by atoms with Crippen LogP contribution in [0.1, 0.15) is 6.42 Å². The van der Waals surface area contributed by atoms with Gasteiger partial charge >= 0.3 is 0 Å². The van der Waals surface area contributed by atoms with Gasteiger partial charge in [0.15, 0.2) is 0 Å². The number of nitrogens with zero attached hydrogens (tertiary/aromatic N) is 2. The van der Waals surface area contributed by atoms with Crippen molar-refractivity contribution >= 4 is 12.1 Å². The summed E-state index contributed by atoms with van der Waals surface area (Å²) in [6.07, 6.45) is 9.41. The molecule has 1 atom stereocenters. The average Bonchev–Trinajstić information content (AvgIpc) is 2.61. The zero-order chi connectivity index (χ0) is 9.10. The van der Waals surface area contributed by atoms with Crippen LogP contribution in [-0.2, 0) is 4.79 Å². The number of aliphatic imine (C=N–C) groups is 1. The maximum Gasteiger partial charge on any atom is 0.230 e. The van der Waals surface area contributed by atoms with Crippen LogP contribution >= 0.6 is 0 Å². The van der Waals surface area contributed by atoms with E-state index in [-0.39, 0.29) is 0 Å². The minimum Gasteiger partial charge on any atom is -0.361 e. The van der Waals surface area contributed by atoms with E-state index >= 15 is 0 Å². The Morgan fingerprint density at radius 2 is 2.54 bits per heavy atom. The quantitative estimate of drug-likeness (QED) is 0.570. The summed E-state index contributed by atoms with van der Waals surface area (Å²) in [5, 5.41) is 0. The molecule has 0 bridgehead atoms. The maximum atomic E-state index is 10.2. The van der Waals surface area contributed by atoms with E-state index < -0.39 is 0 Å². The lowest BCUT2D eigenvalue weighted by Crippen LogP contribution is -3.06. The number of aldehydes is 1. The van der Waals surface area contributed by atoms with Crippen LogP contribution in [0.4, 0.5) is 0 Å². The molecule has 4 nitrogen and oxygen atoms in total. The van der Waals surface area contributed by atoms with E-state index in [1.807, 2.05) is 24.8 Å². The van der Waals surface area contributed by atoms with Crippen LogP contribution in [0.3, 0.4) is 0 Å². The first-order valence-corrected chi connectivity index (χ1v) is 4.36. The van der Waals surface area contributed by atoms with Crippen molar-refractivity contribution in [2.75, 3.05) is 13.1 Å². The summed E-state index contributed by atoms with van der Waals surface area (Å²) < 4.78 is 0. The molecule has 0 saturated heterocycles. The highest BCUT2D eigenvalue weighted by atomic mass is 16.1. The van der Waals surface area contributed by atoms with Gasteiger partial charge in [-0.05, 0) is 0 Å². The molecule has 0 radical (unpaired) electrons. The Labute approximate surface area is 76.8 Å². The highest BCUT2D eigenvalue weighted by molar-refractivity contribution is 5.79. The predicted molar refractivity (Wildman–Crippen MR) is 48.9 cm³/mol. The molecule has 0 aromatic rings. The maximum absolute atomic E-state index is 10.2. The van der Waals surface area contributed by atoms with Crippen LogP contribution in [-0.4, -0.2) is 30.1 Å². The molecule has 0 aromatic carbocycles. The molecule has 1 unspecified atom stereocenters. The SMILES string of the molecule is O=CCCN1C=C[NH+]2C=CN=C2C1. The number of rotatable bonds is 3. The van der Waals surface area contributed by atoms with Crippen molar-refractivity contribution in [3.05, 3.63) is 24.8 Å². The number of hydrogen-bond donors (Lipinski definition) is 1. The average molecular weight is 178 g/mol. The fourth-order valence-corrected chi connectivity index (χ4v) is 1.47. The van der Waals surface area contributed by atoms with E-state index in [1.165, 1.54) is 4.90 Å². The molecule has 0 aliphatic carbocycles. The van der Waals surface area contributed by atoms with Crippen molar-refractivity contribution in [1.29, 1.82) is 0 Å². The van der Waals surface area contributed by atoms with Crippen molar-refractivity contribution in [3.8, 4) is 0 Å². The summed E-state index contributed by atoms with van der Waals surface area (Å²) in [7, 11) is 0. The third-order valence-corrected chi connectivity index (χ3v) is 2.17. The minimum atomic E-state index is 0.584. The van der Waals surface area contributed by atoms with Crippen LogP contribution in [0.5, 0.6) is 0 Å². The molecule has 2 aliphatic rings. The van der Waals surface area contributed by atoms with E-state index in [9.17, 15) is 4.79 Å². The molecule has 4 heteroatoms. The Kier molecular flexibility index (Phi) is 2.23. The van der Waals surface area contributed by atoms with Gasteiger partial charge in [-0.1, -0.05) is 0 Å². The first kappa shape index (κ1) is 8.19. The topological polar surface area (TPSA) is 37.1 Å². The van der Waals surface area contributed by atoms with Gasteiger partial charge in [-0.15, -0.1) is 0 Å². The molecule has 0 spiro atoms. The Hall–Kier alpha value is -1.42. The second kappa shape index (κ2) is 3.53. The molecule has 0 aromatic heterocycles. The third kappa shape index (κ3) is 1.67. The highest BCUT2D eigenvalue weighted by Crippen LogP contribution is 1.97. The monoisotopic (exact) mass is 178 g/mol. The molecule has 0 fully saturated rings. The highest BCUT2D eigenvalue weighted by Gasteiger charge is 2.22. The van der Waals surface area contributed by atoms with Gasteiger partial charge in [0.2, 0.25) is 5.84 Å². The van der Waals surface area contributed by atoms with E-state index in [2.05, 4.69) is 9.89 Å². The predicted octanol–water partition coefficient (Wildman–Crippen LogP) is -0.870. The summed E-state index contributed by atoms with van der Waals surface area (Å²) in [6.45, 7) is 1.61. The lowest BCUT2D eigenvalue weighted by atomic mass is 10.3. The Morgan fingerprint density at radius 1 is 1.62 bits per heavy atom. The fourth-order valence-electron chi connectivity index (χ4n) is 1.47. The summed E-state index contributed by atoms with van der Waals surface area (Å²) in [6, 6.07) is 0. The Balaban J connectivity index is 1.97. The van der Waals surface area contributed by atoms with Gasteiger partial charge in [-0.25, -0.2) is 9.89 Å². The van der Waals surface area contributed by atoms with Gasteiger partial charge in [0.05, 0.1) is 12.4 Å². The van der Waals surface area contributed by atoms with Crippen molar-refractivity contribution < 1.29 is 9.69 Å². The van der Waals surface area contributed by atoms with Crippen molar-refractivity contribution in [2.24, 2.45) is 4.99 Å². The van der Waals surface area contributed by atoms with Crippen LogP contribution in [0.2, 0.25) is 0 Å². The van der Waals surface area contributed by atoms with Gasteiger partial charge in [-0.3, -0.25) is 0 Å². The summed E-state index contributed by atoms with van der Waals surface area (Å²) in [5.74, 6) is 1.10. The smallest absolute Gasteiger partial charge is 0.230 e. The first-order valence-electron chi connectivity index (χ1n) is 4.36. The molecule has 1 N–H and O–H groups in total. The van der Waals surface area contributed by atoms with Crippen molar-refractivity contribution in [3.63, 3.8) is 0 Å². The van der Waals surface area contributed by atoms with E-state index in [0.717, 1.165) is 25.2 Å². The van der Waals surface area contributed by atoms with Crippen LogP contribution in [0, 0.1) is 0 Å². The van der Waals surface area contributed by atoms with E-state index in [4.69, 9.17) is 0 Å². The van der Waals surface area contributed by atoms with Gasteiger partial charge < -0.3 is 9.69 Å². The Bertz CT molecular complexity index is 293. The molecule has 2 rings (SSSR count). The summed E-state index contributed by atoms with van der Waals surface area (Å²) >= 11 is 0. The number of quaternary nitrogens is 1. The summed E-state index contributed by atoms with van der Waals surface area (Å²) in [5.41, 5.74) is 0. The number of carbonyl (C=O) groups is 1.